The molecule has 0 fully saturated rings. The Hall–Kier alpha value is -1.23. The van der Waals surface area contributed by atoms with Crippen molar-refractivity contribution in [3.63, 3.8) is 0 Å². The van der Waals surface area contributed by atoms with Crippen LogP contribution in [0.2, 0.25) is 0 Å². The number of phenolic OH excluding ortho intramolecular Hbond substituents is 1. The third-order valence-electron chi connectivity index (χ3n) is 2.33. The monoisotopic (exact) mass is 244 g/mol. The molecule has 1 aromatic carbocycles. The molecule has 0 amide bonds. The molecule has 1 N–H and O–H groups in total. The van der Waals surface area contributed by atoms with Crippen molar-refractivity contribution < 1.29 is 18.3 Å². The molecule has 4 nitrogen and oxygen atoms in total. The van der Waals surface area contributed by atoms with Gasteiger partial charge in [0.1, 0.15) is 0 Å². The molecule has 90 valence electrons. The average molecular weight is 244 g/mol. The van der Waals surface area contributed by atoms with Crippen molar-refractivity contribution in [1.82, 2.24) is 0 Å². The Kier molecular flexibility index (Phi) is 3.80. The molecular formula is C11H16O4S. The predicted octanol–water partition coefficient (Wildman–Crippen LogP) is 1.72. The molecule has 0 atom stereocenters. The van der Waals surface area contributed by atoms with E-state index < -0.39 is 15.1 Å². The third-order valence-corrected chi connectivity index (χ3v) is 4.50. The molecule has 0 radical (unpaired) electrons. The first-order valence-corrected chi connectivity index (χ1v) is 6.66. The Morgan fingerprint density at radius 1 is 1.38 bits per heavy atom. The van der Waals surface area contributed by atoms with Crippen molar-refractivity contribution in [2.24, 2.45) is 0 Å². The van der Waals surface area contributed by atoms with Gasteiger partial charge in [0.15, 0.2) is 21.3 Å². The number of benzene rings is 1. The molecule has 0 unspecified atom stereocenters. The standard InChI is InChI=1S/C11H16O4S/c1-8(2)16(13,14)7-9-4-5-10(12)11(6-9)15-3/h4-6,8,12H,7H2,1-3H3. The first-order valence-electron chi connectivity index (χ1n) is 4.94. The lowest BCUT2D eigenvalue weighted by atomic mass is 10.2. The van der Waals surface area contributed by atoms with Gasteiger partial charge in [0.25, 0.3) is 0 Å². The lowest BCUT2D eigenvalue weighted by Crippen LogP contribution is -2.15. The molecule has 0 spiro atoms. The zero-order valence-corrected chi connectivity index (χ0v) is 10.4. The van der Waals surface area contributed by atoms with Crippen LogP contribution in [0.5, 0.6) is 11.5 Å². The van der Waals surface area contributed by atoms with Gasteiger partial charge in [0.05, 0.1) is 18.1 Å². The summed E-state index contributed by atoms with van der Waals surface area (Å²) in [6.45, 7) is 3.29. The Morgan fingerprint density at radius 3 is 2.50 bits per heavy atom. The molecule has 1 aromatic rings. The second kappa shape index (κ2) is 4.74. The maximum Gasteiger partial charge on any atom is 0.160 e. The van der Waals surface area contributed by atoms with E-state index in [4.69, 9.17) is 4.74 Å². The van der Waals surface area contributed by atoms with Gasteiger partial charge in [-0.2, -0.15) is 0 Å². The van der Waals surface area contributed by atoms with Gasteiger partial charge in [0.2, 0.25) is 0 Å². The van der Waals surface area contributed by atoms with E-state index in [2.05, 4.69) is 0 Å². The van der Waals surface area contributed by atoms with Gasteiger partial charge in [0, 0.05) is 0 Å². The topological polar surface area (TPSA) is 63.6 Å². The highest BCUT2D eigenvalue weighted by atomic mass is 32.2. The summed E-state index contributed by atoms with van der Waals surface area (Å²) in [5, 5.41) is 8.96. The van der Waals surface area contributed by atoms with Crippen LogP contribution in [0.4, 0.5) is 0 Å². The average Bonchev–Trinajstić information content (AvgIpc) is 2.20. The Morgan fingerprint density at radius 2 is 2.00 bits per heavy atom. The third kappa shape index (κ3) is 2.88. The summed E-state index contributed by atoms with van der Waals surface area (Å²) in [6, 6.07) is 4.55. The second-order valence-electron chi connectivity index (χ2n) is 3.86. The number of sulfone groups is 1. The smallest absolute Gasteiger partial charge is 0.160 e. The molecule has 5 heteroatoms. The number of hydrogen-bond donors (Lipinski definition) is 1. The van der Waals surface area contributed by atoms with Gasteiger partial charge in [-0.25, -0.2) is 8.42 Å². The minimum Gasteiger partial charge on any atom is -0.504 e. The first kappa shape index (κ1) is 12.8. The van der Waals surface area contributed by atoms with E-state index in [1.165, 1.54) is 19.2 Å². The molecule has 0 aliphatic carbocycles. The van der Waals surface area contributed by atoms with Crippen LogP contribution in [-0.4, -0.2) is 25.9 Å². The van der Waals surface area contributed by atoms with Crippen molar-refractivity contribution in [3.8, 4) is 11.5 Å². The van der Waals surface area contributed by atoms with E-state index in [0.717, 1.165) is 0 Å². The van der Waals surface area contributed by atoms with E-state index in [9.17, 15) is 13.5 Å². The highest BCUT2D eigenvalue weighted by molar-refractivity contribution is 7.91. The summed E-state index contributed by atoms with van der Waals surface area (Å²) in [4.78, 5) is 0. The zero-order valence-electron chi connectivity index (χ0n) is 9.60. The second-order valence-corrected chi connectivity index (χ2v) is 6.42. The fourth-order valence-corrected chi connectivity index (χ4v) is 2.19. The SMILES string of the molecule is COc1cc(CS(=O)(=O)C(C)C)ccc1O. The van der Waals surface area contributed by atoms with Crippen LogP contribution in [0.15, 0.2) is 18.2 Å². The summed E-state index contributed by atoms with van der Waals surface area (Å²) < 4.78 is 28.3. The van der Waals surface area contributed by atoms with E-state index in [1.807, 2.05) is 0 Å². The number of aromatic hydroxyl groups is 1. The summed E-state index contributed by atoms with van der Waals surface area (Å²) in [6.07, 6.45) is 0. The van der Waals surface area contributed by atoms with Crippen molar-refractivity contribution in [1.29, 1.82) is 0 Å². The van der Waals surface area contributed by atoms with Gasteiger partial charge in [-0.1, -0.05) is 6.07 Å². The largest absolute Gasteiger partial charge is 0.504 e. The highest BCUT2D eigenvalue weighted by Gasteiger charge is 2.17. The van der Waals surface area contributed by atoms with Gasteiger partial charge < -0.3 is 9.84 Å². The predicted molar refractivity (Wildman–Crippen MR) is 62.4 cm³/mol. The minimum absolute atomic E-state index is 0.00759. The van der Waals surface area contributed by atoms with Crippen LogP contribution < -0.4 is 4.74 Å². The Labute approximate surface area is 95.8 Å². The van der Waals surface area contributed by atoms with Gasteiger partial charge in [-0.15, -0.1) is 0 Å². The quantitative estimate of drug-likeness (QED) is 0.876. The van der Waals surface area contributed by atoms with E-state index in [-0.39, 0.29) is 17.3 Å². The fourth-order valence-electron chi connectivity index (χ4n) is 1.21. The molecule has 16 heavy (non-hydrogen) atoms. The molecule has 0 saturated carbocycles. The molecule has 1 rings (SSSR count). The fraction of sp³-hybridized carbons (Fsp3) is 0.455. The van der Waals surface area contributed by atoms with Crippen molar-refractivity contribution in [2.75, 3.05) is 7.11 Å². The van der Waals surface area contributed by atoms with Crippen molar-refractivity contribution in [3.05, 3.63) is 23.8 Å². The summed E-state index contributed by atoms with van der Waals surface area (Å²) >= 11 is 0. The maximum absolute atomic E-state index is 11.7. The zero-order chi connectivity index (χ0) is 12.3. The lowest BCUT2D eigenvalue weighted by molar-refractivity contribution is 0.373. The van der Waals surface area contributed by atoms with Gasteiger partial charge in [-0.05, 0) is 31.5 Å². The maximum atomic E-state index is 11.7. The summed E-state index contributed by atoms with van der Waals surface area (Å²) in [7, 11) is -1.70. The Balaban J connectivity index is 2.99. The number of phenols is 1. The van der Waals surface area contributed by atoms with Crippen LogP contribution in [0.3, 0.4) is 0 Å². The van der Waals surface area contributed by atoms with Crippen LogP contribution in [0.1, 0.15) is 19.4 Å². The molecular weight excluding hydrogens is 228 g/mol. The minimum atomic E-state index is -3.13. The van der Waals surface area contributed by atoms with Crippen LogP contribution in [-0.2, 0) is 15.6 Å². The van der Waals surface area contributed by atoms with Crippen LogP contribution in [0.25, 0.3) is 0 Å². The lowest BCUT2D eigenvalue weighted by Gasteiger charge is -2.09. The number of hydrogen-bond acceptors (Lipinski definition) is 4. The molecule has 0 aliphatic heterocycles. The van der Waals surface area contributed by atoms with E-state index in [1.54, 1.807) is 19.9 Å². The van der Waals surface area contributed by atoms with Gasteiger partial charge in [-0.3, -0.25) is 0 Å². The normalized spacial score (nSPS) is 11.8. The Bertz CT molecular complexity index is 463. The van der Waals surface area contributed by atoms with Gasteiger partial charge >= 0.3 is 0 Å². The molecule has 0 heterocycles. The number of methoxy groups -OCH3 is 1. The molecule has 0 aromatic heterocycles. The van der Waals surface area contributed by atoms with Crippen LogP contribution in [0, 0.1) is 0 Å². The van der Waals surface area contributed by atoms with Crippen molar-refractivity contribution >= 4 is 9.84 Å². The van der Waals surface area contributed by atoms with E-state index >= 15 is 0 Å². The van der Waals surface area contributed by atoms with Crippen LogP contribution >= 0.6 is 0 Å². The van der Waals surface area contributed by atoms with Crippen molar-refractivity contribution in [2.45, 2.75) is 24.9 Å². The summed E-state index contributed by atoms with van der Waals surface area (Å²) in [5.74, 6) is 0.256. The van der Waals surface area contributed by atoms with E-state index in [0.29, 0.717) is 5.56 Å². The first-order chi connectivity index (χ1) is 7.36. The summed E-state index contributed by atoms with van der Waals surface area (Å²) in [5.41, 5.74) is 0.614. The molecule has 0 aliphatic rings. The molecule has 0 bridgehead atoms. The highest BCUT2D eigenvalue weighted by Crippen LogP contribution is 2.27. The number of ether oxygens (including phenoxy) is 1. The molecule has 0 saturated heterocycles. The number of rotatable bonds is 4.